The molecule has 2 aromatic rings. The van der Waals surface area contributed by atoms with Crippen molar-refractivity contribution >= 4 is 5.91 Å². The predicted octanol–water partition coefficient (Wildman–Crippen LogP) is 2.95. The van der Waals surface area contributed by atoms with Crippen molar-refractivity contribution in [3.63, 3.8) is 0 Å². The molecule has 24 heavy (non-hydrogen) atoms. The first-order valence-electron chi connectivity index (χ1n) is 8.36. The van der Waals surface area contributed by atoms with Crippen LogP contribution in [-0.4, -0.2) is 28.5 Å². The van der Waals surface area contributed by atoms with Crippen LogP contribution in [0.1, 0.15) is 39.3 Å². The van der Waals surface area contributed by atoms with Crippen molar-refractivity contribution in [2.45, 2.75) is 39.8 Å². The van der Waals surface area contributed by atoms with Crippen LogP contribution < -0.4 is 10.6 Å². The number of carbonyl (C=O) groups excluding carboxylic acids is 1. The van der Waals surface area contributed by atoms with E-state index in [1.165, 1.54) is 6.33 Å². The third-order valence-electron chi connectivity index (χ3n) is 3.88. The molecule has 5 heteroatoms. The Bertz CT molecular complexity index is 640. The van der Waals surface area contributed by atoms with E-state index in [0.29, 0.717) is 12.5 Å². The molecule has 128 valence electrons. The number of hydrogen-bond acceptors (Lipinski definition) is 4. The number of benzene rings is 1. The van der Waals surface area contributed by atoms with Gasteiger partial charge >= 0.3 is 0 Å². The van der Waals surface area contributed by atoms with Gasteiger partial charge in [0.05, 0.1) is 6.04 Å². The normalized spacial score (nSPS) is 13.5. The molecule has 2 atom stereocenters. The van der Waals surface area contributed by atoms with Crippen molar-refractivity contribution in [1.29, 1.82) is 0 Å². The van der Waals surface area contributed by atoms with Gasteiger partial charge in [0.2, 0.25) is 5.91 Å². The lowest BCUT2D eigenvalue weighted by Gasteiger charge is -2.20. The first-order chi connectivity index (χ1) is 11.5. The van der Waals surface area contributed by atoms with E-state index in [1.807, 2.05) is 6.92 Å². The highest BCUT2D eigenvalue weighted by molar-refractivity contribution is 5.81. The summed E-state index contributed by atoms with van der Waals surface area (Å²) in [6.45, 7) is 8.82. The Balaban J connectivity index is 1.95. The van der Waals surface area contributed by atoms with Crippen molar-refractivity contribution in [3.8, 4) is 11.1 Å². The second kappa shape index (κ2) is 8.55. The maximum atomic E-state index is 12.1. The standard InChI is InChI=1S/C19H26N4O/c1-13(2)9-22-19(24)15(4)23-14(3)16-5-7-17(8-6-16)18-10-20-12-21-11-18/h5-8,10-15,23H,9H2,1-4H3,(H,22,24). The van der Waals surface area contributed by atoms with Gasteiger partial charge in [-0.2, -0.15) is 0 Å². The van der Waals surface area contributed by atoms with Crippen LogP contribution in [0, 0.1) is 5.92 Å². The molecule has 2 rings (SSSR count). The monoisotopic (exact) mass is 326 g/mol. The highest BCUT2D eigenvalue weighted by Crippen LogP contribution is 2.20. The molecule has 1 aromatic carbocycles. The van der Waals surface area contributed by atoms with E-state index in [9.17, 15) is 4.79 Å². The molecule has 0 saturated heterocycles. The molecule has 1 amide bonds. The van der Waals surface area contributed by atoms with Crippen molar-refractivity contribution in [2.24, 2.45) is 5.92 Å². The van der Waals surface area contributed by atoms with Crippen molar-refractivity contribution in [1.82, 2.24) is 20.6 Å². The number of nitrogens with zero attached hydrogens (tertiary/aromatic N) is 2. The minimum absolute atomic E-state index is 0.0357. The summed E-state index contributed by atoms with van der Waals surface area (Å²) in [5.41, 5.74) is 3.21. The van der Waals surface area contributed by atoms with Gasteiger partial charge in [-0.15, -0.1) is 0 Å². The Labute approximate surface area is 143 Å². The van der Waals surface area contributed by atoms with E-state index in [0.717, 1.165) is 16.7 Å². The van der Waals surface area contributed by atoms with E-state index in [4.69, 9.17) is 0 Å². The Morgan fingerprint density at radius 1 is 1.00 bits per heavy atom. The van der Waals surface area contributed by atoms with Crippen LogP contribution in [0.25, 0.3) is 11.1 Å². The van der Waals surface area contributed by atoms with Crippen LogP contribution in [0.2, 0.25) is 0 Å². The van der Waals surface area contributed by atoms with Gasteiger partial charge in [0.15, 0.2) is 0 Å². The number of amides is 1. The molecule has 0 aliphatic heterocycles. The second-order valence-corrected chi connectivity index (χ2v) is 6.50. The highest BCUT2D eigenvalue weighted by Gasteiger charge is 2.16. The number of aromatic nitrogens is 2. The van der Waals surface area contributed by atoms with Crippen LogP contribution in [0.4, 0.5) is 0 Å². The van der Waals surface area contributed by atoms with Gasteiger partial charge in [-0.1, -0.05) is 38.1 Å². The summed E-state index contributed by atoms with van der Waals surface area (Å²) in [5, 5.41) is 6.30. The number of carbonyl (C=O) groups is 1. The quantitative estimate of drug-likeness (QED) is 0.821. The molecule has 0 fully saturated rings. The molecule has 0 radical (unpaired) electrons. The highest BCUT2D eigenvalue weighted by atomic mass is 16.2. The summed E-state index contributed by atoms with van der Waals surface area (Å²) in [4.78, 5) is 20.1. The summed E-state index contributed by atoms with van der Waals surface area (Å²) in [6.07, 6.45) is 5.12. The minimum Gasteiger partial charge on any atom is -0.354 e. The largest absolute Gasteiger partial charge is 0.354 e. The molecule has 2 N–H and O–H groups in total. The van der Waals surface area contributed by atoms with Crippen LogP contribution in [-0.2, 0) is 4.79 Å². The van der Waals surface area contributed by atoms with Crippen LogP contribution in [0.5, 0.6) is 0 Å². The molecular weight excluding hydrogens is 300 g/mol. The fourth-order valence-electron chi connectivity index (χ4n) is 2.42. The SMILES string of the molecule is CC(C)CNC(=O)C(C)NC(C)c1ccc(-c2cncnc2)cc1. The average Bonchev–Trinajstić information content (AvgIpc) is 2.60. The summed E-state index contributed by atoms with van der Waals surface area (Å²) in [5.74, 6) is 0.488. The fourth-order valence-corrected chi connectivity index (χ4v) is 2.42. The van der Waals surface area contributed by atoms with E-state index in [-0.39, 0.29) is 18.0 Å². The lowest BCUT2D eigenvalue weighted by Crippen LogP contribution is -2.44. The van der Waals surface area contributed by atoms with Gasteiger partial charge in [0.1, 0.15) is 6.33 Å². The van der Waals surface area contributed by atoms with Crippen molar-refractivity contribution in [3.05, 3.63) is 48.5 Å². The van der Waals surface area contributed by atoms with Crippen LogP contribution >= 0.6 is 0 Å². The third-order valence-corrected chi connectivity index (χ3v) is 3.88. The van der Waals surface area contributed by atoms with E-state index in [1.54, 1.807) is 12.4 Å². The first-order valence-corrected chi connectivity index (χ1v) is 8.36. The van der Waals surface area contributed by atoms with E-state index >= 15 is 0 Å². The molecule has 0 aliphatic carbocycles. The molecule has 2 unspecified atom stereocenters. The molecule has 5 nitrogen and oxygen atoms in total. The maximum absolute atomic E-state index is 12.1. The number of hydrogen-bond donors (Lipinski definition) is 2. The smallest absolute Gasteiger partial charge is 0.236 e. The van der Waals surface area contributed by atoms with Crippen LogP contribution in [0.15, 0.2) is 43.0 Å². The Morgan fingerprint density at radius 3 is 2.21 bits per heavy atom. The first kappa shape index (κ1) is 18.1. The van der Waals surface area contributed by atoms with E-state index in [2.05, 4.69) is 65.6 Å². The molecule has 1 heterocycles. The van der Waals surface area contributed by atoms with Crippen molar-refractivity contribution in [2.75, 3.05) is 6.54 Å². The van der Waals surface area contributed by atoms with Crippen LogP contribution in [0.3, 0.4) is 0 Å². The summed E-state index contributed by atoms with van der Waals surface area (Å²) in [7, 11) is 0. The lowest BCUT2D eigenvalue weighted by molar-refractivity contribution is -0.123. The summed E-state index contributed by atoms with van der Waals surface area (Å²) in [6, 6.07) is 8.09. The number of nitrogens with one attached hydrogen (secondary N) is 2. The summed E-state index contributed by atoms with van der Waals surface area (Å²) >= 11 is 0. The fraction of sp³-hybridized carbons (Fsp3) is 0.421. The Kier molecular flexibility index (Phi) is 6.44. The minimum atomic E-state index is -0.235. The topological polar surface area (TPSA) is 66.9 Å². The lowest BCUT2D eigenvalue weighted by atomic mass is 10.0. The van der Waals surface area contributed by atoms with Gasteiger partial charge < -0.3 is 5.32 Å². The average molecular weight is 326 g/mol. The zero-order chi connectivity index (χ0) is 17.5. The zero-order valence-corrected chi connectivity index (χ0v) is 14.8. The molecule has 0 aliphatic rings. The summed E-state index contributed by atoms with van der Waals surface area (Å²) < 4.78 is 0. The molecule has 1 aromatic heterocycles. The van der Waals surface area contributed by atoms with E-state index < -0.39 is 0 Å². The third kappa shape index (κ3) is 5.13. The van der Waals surface area contributed by atoms with Gasteiger partial charge in [-0.25, -0.2) is 9.97 Å². The van der Waals surface area contributed by atoms with Gasteiger partial charge in [-0.05, 0) is 30.9 Å². The van der Waals surface area contributed by atoms with Gasteiger partial charge in [-0.3, -0.25) is 10.1 Å². The maximum Gasteiger partial charge on any atom is 0.236 e. The molecule has 0 spiro atoms. The van der Waals surface area contributed by atoms with Gasteiger partial charge in [0.25, 0.3) is 0 Å². The number of rotatable bonds is 7. The van der Waals surface area contributed by atoms with Crippen molar-refractivity contribution < 1.29 is 4.79 Å². The molecular formula is C19H26N4O. The Morgan fingerprint density at radius 2 is 1.62 bits per heavy atom. The predicted molar refractivity (Wildman–Crippen MR) is 96.3 cm³/mol. The molecule has 0 saturated carbocycles. The Hall–Kier alpha value is -2.27. The second-order valence-electron chi connectivity index (χ2n) is 6.50. The molecule has 0 bridgehead atoms. The van der Waals surface area contributed by atoms with Gasteiger partial charge in [0, 0.05) is 30.5 Å². The zero-order valence-electron chi connectivity index (χ0n) is 14.8.